The van der Waals surface area contributed by atoms with Crippen LogP contribution in [0.25, 0.3) is 0 Å². The van der Waals surface area contributed by atoms with Gasteiger partial charge in [0.05, 0.1) is 5.75 Å². The smallest absolute Gasteiger partial charge is 0.220 e. The average Bonchev–Trinajstić information content (AvgIpc) is 2.48. The van der Waals surface area contributed by atoms with Gasteiger partial charge < -0.3 is 5.32 Å². The van der Waals surface area contributed by atoms with Gasteiger partial charge in [-0.3, -0.25) is 4.79 Å². The number of hydrogen-bond donors (Lipinski definition) is 2. The van der Waals surface area contributed by atoms with E-state index in [0.717, 1.165) is 0 Å². The summed E-state index contributed by atoms with van der Waals surface area (Å²) >= 11 is 0. The molecule has 0 aromatic carbocycles. The van der Waals surface area contributed by atoms with Gasteiger partial charge in [-0.05, 0) is 13.3 Å². The van der Waals surface area contributed by atoms with Gasteiger partial charge in [0.1, 0.15) is 0 Å². The molecule has 13 heavy (non-hydrogen) atoms. The van der Waals surface area contributed by atoms with E-state index < -0.39 is 10.0 Å². The zero-order valence-corrected chi connectivity index (χ0v) is 8.36. The monoisotopic (exact) mass is 206 g/mol. The molecule has 2 N–H and O–H groups in total. The van der Waals surface area contributed by atoms with Gasteiger partial charge in [0.15, 0.2) is 0 Å². The highest BCUT2D eigenvalue weighted by atomic mass is 32.2. The number of nitrogens with one attached hydrogen (secondary N) is 2. The second-order valence-electron chi connectivity index (χ2n) is 3.05. The Morgan fingerprint density at radius 2 is 2.31 bits per heavy atom. The Kier molecular flexibility index (Phi) is 3.27. The molecule has 1 rings (SSSR count). The zero-order chi connectivity index (χ0) is 9.90. The van der Waals surface area contributed by atoms with E-state index in [9.17, 15) is 13.2 Å². The number of carbonyl (C=O) groups is 1. The summed E-state index contributed by atoms with van der Waals surface area (Å²) in [6, 6.07) is -0.0335. The van der Waals surface area contributed by atoms with Crippen molar-refractivity contribution in [2.75, 3.05) is 12.3 Å². The topological polar surface area (TPSA) is 75.3 Å². The number of hydrogen-bond acceptors (Lipinski definition) is 3. The predicted molar refractivity (Wildman–Crippen MR) is 48.6 cm³/mol. The van der Waals surface area contributed by atoms with Gasteiger partial charge in [-0.25, -0.2) is 13.1 Å². The molecule has 0 aliphatic carbocycles. The molecule has 1 atom stereocenters. The Morgan fingerprint density at radius 1 is 1.62 bits per heavy atom. The van der Waals surface area contributed by atoms with Crippen LogP contribution in [0, 0.1) is 0 Å². The van der Waals surface area contributed by atoms with E-state index in [1.165, 1.54) is 0 Å². The van der Waals surface area contributed by atoms with Gasteiger partial charge in [0, 0.05) is 19.0 Å². The maximum atomic E-state index is 11.0. The van der Waals surface area contributed by atoms with E-state index in [4.69, 9.17) is 0 Å². The molecule has 76 valence electrons. The fourth-order valence-electron chi connectivity index (χ4n) is 1.16. The molecular formula is C7H14N2O3S. The second-order valence-corrected chi connectivity index (χ2v) is 5.15. The Bertz CT molecular complexity index is 286. The van der Waals surface area contributed by atoms with Crippen LogP contribution in [0.4, 0.5) is 0 Å². The van der Waals surface area contributed by atoms with Crippen molar-refractivity contribution in [3.8, 4) is 0 Å². The van der Waals surface area contributed by atoms with Gasteiger partial charge in [-0.1, -0.05) is 0 Å². The molecule has 5 nitrogen and oxygen atoms in total. The standard InChI is InChI=1S/C7H14N2O3S/c1-2-13(11,12)8-5-6-3-4-7(10)9-6/h6,8H,2-5H2,1H3,(H,9,10). The van der Waals surface area contributed by atoms with E-state index in [0.29, 0.717) is 19.4 Å². The highest BCUT2D eigenvalue weighted by molar-refractivity contribution is 7.89. The number of carbonyl (C=O) groups excluding carboxylic acids is 1. The third-order valence-corrected chi connectivity index (χ3v) is 3.38. The molecule has 1 aliphatic rings. The Morgan fingerprint density at radius 3 is 2.77 bits per heavy atom. The lowest BCUT2D eigenvalue weighted by atomic mass is 10.2. The molecule has 0 aromatic heterocycles. The minimum absolute atomic E-state index is 0.000645. The molecule has 0 radical (unpaired) electrons. The van der Waals surface area contributed by atoms with E-state index >= 15 is 0 Å². The van der Waals surface area contributed by atoms with Crippen LogP contribution in [0.5, 0.6) is 0 Å². The highest BCUT2D eigenvalue weighted by Gasteiger charge is 2.21. The van der Waals surface area contributed by atoms with E-state index in [1.807, 2.05) is 0 Å². The van der Waals surface area contributed by atoms with Crippen molar-refractivity contribution in [3.63, 3.8) is 0 Å². The third-order valence-electron chi connectivity index (χ3n) is 2.01. The number of amides is 1. The summed E-state index contributed by atoms with van der Waals surface area (Å²) in [6.07, 6.45) is 1.21. The van der Waals surface area contributed by atoms with Gasteiger partial charge >= 0.3 is 0 Å². The molecule has 0 aromatic rings. The molecule has 0 spiro atoms. The number of rotatable bonds is 4. The van der Waals surface area contributed by atoms with Crippen molar-refractivity contribution in [1.82, 2.24) is 10.0 Å². The SMILES string of the molecule is CCS(=O)(=O)NCC1CCC(=O)N1. The maximum Gasteiger partial charge on any atom is 0.220 e. The second kappa shape index (κ2) is 4.06. The predicted octanol–water partition coefficient (Wildman–Crippen LogP) is -0.796. The molecule has 0 bridgehead atoms. The van der Waals surface area contributed by atoms with Crippen molar-refractivity contribution < 1.29 is 13.2 Å². The first-order valence-corrected chi connectivity index (χ1v) is 5.95. The lowest BCUT2D eigenvalue weighted by Crippen LogP contribution is -2.38. The lowest BCUT2D eigenvalue weighted by Gasteiger charge is -2.10. The summed E-state index contributed by atoms with van der Waals surface area (Å²) < 4.78 is 24.5. The number of sulfonamides is 1. The van der Waals surface area contributed by atoms with Crippen molar-refractivity contribution in [1.29, 1.82) is 0 Å². The van der Waals surface area contributed by atoms with Gasteiger partial charge in [-0.15, -0.1) is 0 Å². The summed E-state index contributed by atoms with van der Waals surface area (Å²) in [7, 11) is -3.13. The molecule has 0 saturated carbocycles. The average molecular weight is 206 g/mol. The fourth-order valence-corrected chi connectivity index (χ4v) is 1.82. The molecule has 1 saturated heterocycles. The van der Waals surface area contributed by atoms with Crippen LogP contribution in [0.3, 0.4) is 0 Å². The van der Waals surface area contributed by atoms with E-state index in [1.54, 1.807) is 6.92 Å². The molecule has 1 aliphatic heterocycles. The minimum Gasteiger partial charge on any atom is -0.352 e. The van der Waals surface area contributed by atoms with E-state index in [2.05, 4.69) is 10.0 Å². The lowest BCUT2D eigenvalue weighted by molar-refractivity contribution is -0.119. The maximum absolute atomic E-state index is 11.0. The third kappa shape index (κ3) is 3.31. The van der Waals surface area contributed by atoms with Crippen molar-refractivity contribution in [3.05, 3.63) is 0 Å². The molecule has 1 fully saturated rings. The van der Waals surface area contributed by atoms with Gasteiger partial charge in [0.2, 0.25) is 15.9 Å². The van der Waals surface area contributed by atoms with E-state index in [-0.39, 0.29) is 17.7 Å². The normalized spacial score (nSPS) is 23.2. The first-order chi connectivity index (χ1) is 6.03. The molecule has 6 heteroatoms. The zero-order valence-electron chi connectivity index (χ0n) is 7.54. The van der Waals surface area contributed by atoms with Crippen LogP contribution in [0.1, 0.15) is 19.8 Å². The van der Waals surface area contributed by atoms with Crippen LogP contribution < -0.4 is 10.0 Å². The Hall–Kier alpha value is -0.620. The van der Waals surface area contributed by atoms with Crippen molar-refractivity contribution in [2.45, 2.75) is 25.8 Å². The molecule has 1 unspecified atom stereocenters. The van der Waals surface area contributed by atoms with Gasteiger partial charge in [-0.2, -0.15) is 0 Å². The molecular weight excluding hydrogens is 192 g/mol. The quantitative estimate of drug-likeness (QED) is 0.632. The Balaban J connectivity index is 2.31. The molecule has 1 amide bonds. The van der Waals surface area contributed by atoms with Crippen molar-refractivity contribution >= 4 is 15.9 Å². The van der Waals surface area contributed by atoms with Crippen LogP contribution in [0.2, 0.25) is 0 Å². The largest absolute Gasteiger partial charge is 0.352 e. The highest BCUT2D eigenvalue weighted by Crippen LogP contribution is 2.05. The summed E-state index contributed by atoms with van der Waals surface area (Å²) in [5.41, 5.74) is 0. The van der Waals surface area contributed by atoms with Gasteiger partial charge in [0.25, 0.3) is 0 Å². The first-order valence-electron chi connectivity index (χ1n) is 4.30. The minimum atomic E-state index is -3.13. The van der Waals surface area contributed by atoms with Crippen LogP contribution in [0.15, 0.2) is 0 Å². The summed E-state index contributed by atoms with van der Waals surface area (Å²) in [5.74, 6) is 0.0777. The summed E-state index contributed by atoms with van der Waals surface area (Å²) in [6.45, 7) is 1.89. The van der Waals surface area contributed by atoms with Crippen LogP contribution in [-0.2, 0) is 14.8 Å². The van der Waals surface area contributed by atoms with Crippen LogP contribution in [-0.4, -0.2) is 32.7 Å². The first kappa shape index (κ1) is 10.5. The van der Waals surface area contributed by atoms with Crippen molar-refractivity contribution in [2.24, 2.45) is 0 Å². The summed E-state index contributed by atoms with van der Waals surface area (Å²) in [4.78, 5) is 10.8. The molecule has 1 heterocycles. The summed E-state index contributed by atoms with van der Waals surface area (Å²) in [5, 5.41) is 2.68. The Labute approximate surface area is 77.9 Å². The fraction of sp³-hybridized carbons (Fsp3) is 0.857. The van der Waals surface area contributed by atoms with Crippen LogP contribution >= 0.6 is 0 Å².